The smallest absolute Gasteiger partial charge is 0.250 e. The van der Waals surface area contributed by atoms with Gasteiger partial charge in [-0.05, 0) is 31.7 Å². The second-order valence-electron chi connectivity index (χ2n) is 5.02. The highest BCUT2D eigenvalue weighted by atomic mass is 127. The lowest BCUT2D eigenvalue weighted by Gasteiger charge is -2.16. The standard InChI is InChI=1S/C14H22N4O.HI/c1-17(12-7-8-12)14(15)16-9-3-5-11-18-10-4-2-6-13(18)19;/h2,4,6,10,12H,3,5,7-9,11H2,1H3,(H2,15,16);1H. The predicted octanol–water partition coefficient (Wildman–Crippen LogP) is 1.66. The average Bonchev–Trinajstić information content (AvgIpc) is 3.23. The topological polar surface area (TPSA) is 63.6 Å². The number of aromatic nitrogens is 1. The normalized spacial score (nSPS) is 14.8. The molecule has 0 spiro atoms. The number of nitrogens with zero attached hydrogens (tertiary/aromatic N) is 3. The van der Waals surface area contributed by atoms with E-state index >= 15 is 0 Å². The van der Waals surface area contributed by atoms with Crippen molar-refractivity contribution in [3.05, 3.63) is 34.7 Å². The zero-order chi connectivity index (χ0) is 13.7. The van der Waals surface area contributed by atoms with Gasteiger partial charge in [-0.15, -0.1) is 24.0 Å². The summed E-state index contributed by atoms with van der Waals surface area (Å²) in [6, 6.07) is 5.83. The number of nitrogens with two attached hydrogens (primary N) is 1. The third-order valence-electron chi connectivity index (χ3n) is 3.44. The number of unbranched alkanes of at least 4 members (excludes halogenated alkanes) is 1. The summed E-state index contributed by atoms with van der Waals surface area (Å²) < 4.78 is 1.73. The Bertz CT molecular complexity index is 496. The number of rotatable bonds is 6. The molecule has 1 aliphatic rings. The van der Waals surface area contributed by atoms with Crippen molar-refractivity contribution in [2.75, 3.05) is 13.6 Å². The van der Waals surface area contributed by atoms with Crippen LogP contribution in [0.15, 0.2) is 34.2 Å². The second-order valence-corrected chi connectivity index (χ2v) is 5.02. The molecule has 1 saturated carbocycles. The van der Waals surface area contributed by atoms with Crippen LogP contribution in [-0.2, 0) is 6.54 Å². The van der Waals surface area contributed by atoms with Gasteiger partial charge in [-0.1, -0.05) is 6.07 Å². The molecule has 0 bridgehead atoms. The summed E-state index contributed by atoms with van der Waals surface area (Å²) in [5.41, 5.74) is 5.95. The Morgan fingerprint density at radius 3 is 2.85 bits per heavy atom. The Balaban J connectivity index is 0.00000200. The first-order chi connectivity index (χ1) is 9.18. The van der Waals surface area contributed by atoms with E-state index in [2.05, 4.69) is 9.89 Å². The van der Waals surface area contributed by atoms with Crippen LogP contribution in [0.4, 0.5) is 0 Å². The molecule has 2 rings (SSSR count). The molecule has 5 nitrogen and oxygen atoms in total. The minimum absolute atomic E-state index is 0. The van der Waals surface area contributed by atoms with Gasteiger partial charge in [0.05, 0.1) is 0 Å². The Kier molecular flexibility index (Phi) is 7.04. The van der Waals surface area contributed by atoms with Crippen molar-refractivity contribution in [3.8, 4) is 0 Å². The third-order valence-corrected chi connectivity index (χ3v) is 3.44. The van der Waals surface area contributed by atoms with Crippen LogP contribution < -0.4 is 11.3 Å². The predicted molar refractivity (Wildman–Crippen MR) is 92.6 cm³/mol. The molecule has 6 heteroatoms. The average molecular weight is 390 g/mol. The van der Waals surface area contributed by atoms with Crippen molar-refractivity contribution in [2.45, 2.75) is 38.3 Å². The van der Waals surface area contributed by atoms with Gasteiger partial charge in [0.1, 0.15) is 0 Å². The molecule has 1 aromatic heterocycles. The molecule has 1 heterocycles. The Morgan fingerprint density at radius 2 is 2.20 bits per heavy atom. The summed E-state index contributed by atoms with van der Waals surface area (Å²) in [5.74, 6) is 0.638. The Hall–Kier alpha value is -1.05. The van der Waals surface area contributed by atoms with Crippen LogP contribution in [0, 0.1) is 0 Å². The maximum absolute atomic E-state index is 11.5. The highest BCUT2D eigenvalue weighted by molar-refractivity contribution is 14.0. The number of hydrogen-bond acceptors (Lipinski definition) is 2. The summed E-state index contributed by atoms with van der Waals surface area (Å²) in [5, 5.41) is 0. The van der Waals surface area contributed by atoms with Gasteiger partial charge in [0, 0.05) is 38.4 Å². The van der Waals surface area contributed by atoms with Gasteiger partial charge in [0.2, 0.25) is 5.56 Å². The fraction of sp³-hybridized carbons (Fsp3) is 0.571. The number of aryl methyl sites for hydroxylation is 1. The fourth-order valence-electron chi connectivity index (χ4n) is 1.99. The van der Waals surface area contributed by atoms with E-state index in [4.69, 9.17) is 5.73 Å². The van der Waals surface area contributed by atoms with Crippen LogP contribution in [0.1, 0.15) is 25.7 Å². The number of aliphatic imine (C=N–C) groups is 1. The molecule has 0 aliphatic heterocycles. The lowest BCUT2D eigenvalue weighted by Crippen LogP contribution is -2.35. The molecule has 0 atom stereocenters. The molecule has 1 fully saturated rings. The molecule has 20 heavy (non-hydrogen) atoms. The Labute approximate surface area is 136 Å². The van der Waals surface area contributed by atoms with Crippen LogP contribution in [0.2, 0.25) is 0 Å². The Morgan fingerprint density at radius 1 is 1.45 bits per heavy atom. The van der Waals surface area contributed by atoms with Gasteiger partial charge in [0.25, 0.3) is 0 Å². The molecule has 1 aromatic rings. The first kappa shape index (κ1) is 17.0. The molecule has 0 saturated heterocycles. The lowest BCUT2D eigenvalue weighted by atomic mass is 10.3. The van der Waals surface area contributed by atoms with E-state index in [1.54, 1.807) is 16.7 Å². The third kappa shape index (κ3) is 5.15. The molecule has 0 amide bonds. The highest BCUT2D eigenvalue weighted by Crippen LogP contribution is 2.24. The largest absolute Gasteiger partial charge is 0.370 e. The molecular formula is C14H23IN4O. The highest BCUT2D eigenvalue weighted by Gasteiger charge is 2.27. The second kappa shape index (κ2) is 8.28. The van der Waals surface area contributed by atoms with E-state index in [0.717, 1.165) is 25.9 Å². The van der Waals surface area contributed by atoms with Crippen molar-refractivity contribution in [1.82, 2.24) is 9.47 Å². The van der Waals surface area contributed by atoms with Crippen molar-refractivity contribution < 1.29 is 0 Å². The number of pyridine rings is 1. The maximum atomic E-state index is 11.5. The number of halogens is 1. The van der Waals surface area contributed by atoms with E-state index in [0.29, 0.717) is 12.0 Å². The van der Waals surface area contributed by atoms with E-state index in [9.17, 15) is 4.79 Å². The van der Waals surface area contributed by atoms with Gasteiger partial charge in [0.15, 0.2) is 5.96 Å². The van der Waals surface area contributed by atoms with Crippen molar-refractivity contribution >= 4 is 29.9 Å². The zero-order valence-corrected chi connectivity index (χ0v) is 14.2. The van der Waals surface area contributed by atoms with Gasteiger partial charge >= 0.3 is 0 Å². The van der Waals surface area contributed by atoms with E-state index in [-0.39, 0.29) is 29.5 Å². The van der Waals surface area contributed by atoms with E-state index < -0.39 is 0 Å². The summed E-state index contributed by atoms with van der Waals surface area (Å²) in [4.78, 5) is 17.9. The van der Waals surface area contributed by atoms with E-state index in [1.165, 1.54) is 12.8 Å². The molecule has 2 N–H and O–H groups in total. The fourth-order valence-corrected chi connectivity index (χ4v) is 1.99. The first-order valence-electron chi connectivity index (χ1n) is 6.86. The van der Waals surface area contributed by atoms with Crippen molar-refractivity contribution in [3.63, 3.8) is 0 Å². The van der Waals surface area contributed by atoms with Crippen LogP contribution in [-0.4, -0.2) is 35.1 Å². The van der Waals surface area contributed by atoms with Crippen molar-refractivity contribution in [1.29, 1.82) is 0 Å². The maximum Gasteiger partial charge on any atom is 0.250 e. The summed E-state index contributed by atoms with van der Waals surface area (Å²) in [7, 11) is 2.00. The minimum Gasteiger partial charge on any atom is -0.370 e. The molecule has 1 aliphatic carbocycles. The van der Waals surface area contributed by atoms with Gasteiger partial charge < -0.3 is 15.2 Å². The summed E-state index contributed by atoms with van der Waals surface area (Å²) >= 11 is 0. The molecule has 0 aromatic carbocycles. The molecule has 112 valence electrons. The van der Waals surface area contributed by atoms with Crippen LogP contribution >= 0.6 is 24.0 Å². The molecule has 0 radical (unpaired) electrons. The van der Waals surface area contributed by atoms with Crippen LogP contribution in [0.25, 0.3) is 0 Å². The van der Waals surface area contributed by atoms with Crippen molar-refractivity contribution in [2.24, 2.45) is 10.7 Å². The minimum atomic E-state index is 0. The zero-order valence-electron chi connectivity index (χ0n) is 11.9. The number of hydrogen-bond donors (Lipinski definition) is 1. The lowest BCUT2D eigenvalue weighted by molar-refractivity contribution is 0.486. The van der Waals surface area contributed by atoms with Crippen LogP contribution in [0.3, 0.4) is 0 Å². The monoisotopic (exact) mass is 390 g/mol. The summed E-state index contributed by atoms with van der Waals surface area (Å²) in [6.07, 6.45) is 6.16. The quantitative estimate of drug-likeness (QED) is 0.348. The SMILES string of the molecule is CN(C(N)=NCCCCn1ccccc1=O)C1CC1.I. The van der Waals surface area contributed by atoms with Gasteiger partial charge in [-0.25, -0.2) is 0 Å². The van der Waals surface area contributed by atoms with Gasteiger partial charge in [-0.3, -0.25) is 9.79 Å². The van der Waals surface area contributed by atoms with Gasteiger partial charge in [-0.2, -0.15) is 0 Å². The first-order valence-corrected chi connectivity index (χ1v) is 6.86. The van der Waals surface area contributed by atoms with Crippen LogP contribution in [0.5, 0.6) is 0 Å². The summed E-state index contributed by atoms with van der Waals surface area (Å²) in [6.45, 7) is 1.47. The number of guanidine groups is 1. The molecule has 0 unspecified atom stereocenters. The molecular weight excluding hydrogens is 367 g/mol. The van der Waals surface area contributed by atoms with E-state index in [1.807, 2.05) is 19.3 Å².